The van der Waals surface area contributed by atoms with E-state index in [-0.39, 0.29) is 0 Å². The first-order valence-corrected chi connectivity index (χ1v) is 5.35. The van der Waals surface area contributed by atoms with E-state index in [1.54, 1.807) is 0 Å². The molecule has 0 saturated heterocycles. The number of aromatic carboxylic acids is 2. The zero-order valence-corrected chi connectivity index (χ0v) is 10.7. The fourth-order valence-corrected chi connectivity index (χ4v) is 2.20. The van der Waals surface area contributed by atoms with E-state index in [2.05, 4.69) is 0 Å². The fraction of sp³-hybridized carbons (Fsp3) is 0. The summed E-state index contributed by atoms with van der Waals surface area (Å²) < 4.78 is 25.6. The Morgan fingerprint density at radius 2 is 1.12 bits per heavy atom. The van der Waals surface area contributed by atoms with E-state index in [1.165, 1.54) is 0 Å². The van der Waals surface area contributed by atoms with Crippen molar-refractivity contribution in [3.63, 3.8) is 0 Å². The number of hydrogen-bond donors (Lipinski definition) is 2. The molecular formula is C8H2F2O4Se2. The number of rotatable bonds is 2. The first kappa shape index (κ1) is 13.1. The SMILES string of the molecule is O=C(O)c1c(F)c([Se])c(C(=O)O)c(F)c1[Se]. The van der Waals surface area contributed by atoms with Crippen LogP contribution in [-0.4, -0.2) is 54.2 Å². The van der Waals surface area contributed by atoms with Crippen LogP contribution >= 0.6 is 0 Å². The molecule has 0 amide bonds. The summed E-state index contributed by atoms with van der Waals surface area (Å²) in [4.78, 5) is 21.3. The predicted molar refractivity (Wildman–Crippen MR) is 51.1 cm³/mol. The van der Waals surface area contributed by atoms with Crippen molar-refractivity contribution in [3.8, 4) is 0 Å². The predicted octanol–water partition coefficient (Wildman–Crippen LogP) is -1.05. The summed E-state index contributed by atoms with van der Waals surface area (Å²) >= 11 is 4.02. The summed E-state index contributed by atoms with van der Waals surface area (Å²) in [6.07, 6.45) is 0. The molecule has 1 aromatic rings. The molecule has 84 valence electrons. The molecule has 0 aromatic heterocycles. The summed E-state index contributed by atoms with van der Waals surface area (Å²) in [7, 11) is 0. The summed E-state index contributed by atoms with van der Waals surface area (Å²) in [5.41, 5.74) is -1.84. The minimum absolute atomic E-state index is 0.665. The van der Waals surface area contributed by atoms with Crippen LogP contribution in [0.3, 0.4) is 0 Å². The molecule has 0 atom stereocenters. The number of benzene rings is 1. The number of hydrogen-bond acceptors (Lipinski definition) is 2. The first-order chi connectivity index (χ1) is 7.29. The van der Waals surface area contributed by atoms with E-state index in [0.717, 1.165) is 0 Å². The van der Waals surface area contributed by atoms with Gasteiger partial charge in [-0.3, -0.25) is 0 Å². The van der Waals surface area contributed by atoms with Gasteiger partial charge in [0.2, 0.25) is 0 Å². The van der Waals surface area contributed by atoms with Crippen molar-refractivity contribution in [2.75, 3.05) is 0 Å². The topological polar surface area (TPSA) is 74.6 Å². The monoisotopic (exact) mass is 360 g/mol. The summed E-state index contributed by atoms with van der Waals surface area (Å²) in [5, 5.41) is 17.3. The standard InChI is InChI=1S/C8H2F2O4Se2/c9-3-1(7(11)12)5(15)4(10)2(6(3)16)8(13)14/h(H,11,12)(H,13,14). The van der Waals surface area contributed by atoms with Gasteiger partial charge in [-0.1, -0.05) is 0 Å². The molecule has 2 N–H and O–H groups in total. The zero-order chi connectivity index (χ0) is 12.6. The second kappa shape index (κ2) is 4.51. The molecule has 0 fully saturated rings. The Balaban J connectivity index is 3.77. The summed E-state index contributed by atoms with van der Waals surface area (Å²) in [6.45, 7) is 0. The summed E-state index contributed by atoms with van der Waals surface area (Å²) in [6, 6.07) is 0. The van der Waals surface area contributed by atoms with Crippen molar-refractivity contribution in [1.29, 1.82) is 0 Å². The zero-order valence-electron chi connectivity index (χ0n) is 7.28. The Morgan fingerprint density at radius 1 is 0.875 bits per heavy atom. The van der Waals surface area contributed by atoms with Crippen LogP contribution in [0.2, 0.25) is 0 Å². The second-order valence-electron chi connectivity index (χ2n) is 2.65. The van der Waals surface area contributed by atoms with Crippen molar-refractivity contribution in [2.24, 2.45) is 0 Å². The number of carboxylic acids is 2. The number of carbonyl (C=O) groups is 2. The van der Waals surface area contributed by atoms with Crippen LogP contribution in [0.25, 0.3) is 0 Å². The Morgan fingerprint density at radius 3 is 1.31 bits per heavy atom. The third-order valence-electron chi connectivity index (χ3n) is 1.72. The van der Waals surface area contributed by atoms with Crippen LogP contribution in [0.1, 0.15) is 20.7 Å². The maximum absolute atomic E-state index is 13.5. The van der Waals surface area contributed by atoms with Gasteiger partial charge in [0.05, 0.1) is 0 Å². The molecule has 0 bridgehead atoms. The molecule has 8 heteroatoms. The molecule has 16 heavy (non-hydrogen) atoms. The molecule has 1 rings (SSSR count). The Bertz CT molecular complexity index is 427. The molecule has 1 aromatic carbocycles. The molecule has 0 saturated carbocycles. The average Bonchev–Trinajstić information content (AvgIpc) is 2.14. The Labute approximate surface area is 104 Å². The quantitative estimate of drug-likeness (QED) is 0.662. The molecule has 2 radical (unpaired) electrons. The van der Waals surface area contributed by atoms with Crippen molar-refractivity contribution in [1.82, 2.24) is 0 Å². The number of halogens is 2. The van der Waals surface area contributed by atoms with Gasteiger partial charge in [-0.15, -0.1) is 0 Å². The maximum atomic E-state index is 13.5. The van der Waals surface area contributed by atoms with E-state index in [0.29, 0.717) is 0 Å². The third-order valence-corrected chi connectivity index (χ3v) is 3.33. The summed E-state index contributed by atoms with van der Waals surface area (Å²) in [5.74, 6) is -5.97. The van der Waals surface area contributed by atoms with E-state index in [1.807, 2.05) is 32.0 Å². The molecule has 0 unspecified atom stereocenters. The second-order valence-corrected chi connectivity index (χ2v) is 4.36. The number of carboxylic acid groups (broad SMARTS) is 2. The van der Waals surface area contributed by atoms with E-state index >= 15 is 0 Å². The van der Waals surface area contributed by atoms with Gasteiger partial charge in [0.25, 0.3) is 0 Å². The van der Waals surface area contributed by atoms with Gasteiger partial charge in [-0.25, -0.2) is 0 Å². The molecule has 0 heterocycles. The average molecular weight is 358 g/mol. The minimum atomic E-state index is -1.68. The van der Waals surface area contributed by atoms with E-state index in [4.69, 9.17) is 10.2 Å². The van der Waals surface area contributed by atoms with E-state index in [9.17, 15) is 18.4 Å². The molecule has 0 aliphatic rings. The Kier molecular flexibility index (Phi) is 3.70. The van der Waals surface area contributed by atoms with Crippen LogP contribution in [-0.2, 0) is 0 Å². The molecule has 4 nitrogen and oxygen atoms in total. The molecular weight excluding hydrogens is 356 g/mol. The van der Waals surface area contributed by atoms with Gasteiger partial charge in [0, 0.05) is 0 Å². The van der Waals surface area contributed by atoms with Crippen LogP contribution in [0.5, 0.6) is 0 Å². The van der Waals surface area contributed by atoms with Crippen LogP contribution in [0.4, 0.5) is 8.78 Å². The van der Waals surface area contributed by atoms with Crippen LogP contribution < -0.4 is 8.92 Å². The van der Waals surface area contributed by atoms with Crippen molar-refractivity contribution >= 4 is 52.9 Å². The van der Waals surface area contributed by atoms with E-state index < -0.39 is 43.6 Å². The van der Waals surface area contributed by atoms with Gasteiger partial charge in [-0.05, 0) is 0 Å². The van der Waals surface area contributed by atoms with Gasteiger partial charge < -0.3 is 0 Å². The van der Waals surface area contributed by atoms with Crippen molar-refractivity contribution in [2.45, 2.75) is 0 Å². The van der Waals surface area contributed by atoms with Gasteiger partial charge >= 0.3 is 104 Å². The fourth-order valence-electron chi connectivity index (χ4n) is 1.03. The van der Waals surface area contributed by atoms with Crippen LogP contribution in [0, 0.1) is 11.6 Å². The molecule has 0 aliphatic heterocycles. The first-order valence-electron chi connectivity index (χ1n) is 3.64. The molecule has 0 spiro atoms. The van der Waals surface area contributed by atoms with Gasteiger partial charge in [-0.2, -0.15) is 0 Å². The van der Waals surface area contributed by atoms with Crippen LogP contribution in [0.15, 0.2) is 0 Å². The normalized spacial score (nSPS) is 10.1. The third kappa shape index (κ3) is 1.97. The van der Waals surface area contributed by atoms with Gasteiger partial charge in [0.15, 0.2) is 0 Å². The Hall–Kier alpha value is -0.941. The molecule has 0 aliphatic carbocycles. The van der Waals surface area contributed by atoms with Gasteiger partial charge in [0.1, 0.15) is 0 Å². The van der Waals surface area contributed by atoms with Crippen molar-refractivity contribution in [3.05, 3.63) is 22.8 Å². The van der Waals surface area contributed by atoms with Crippen molar-refractivity contribution < 1.29 is 28.6 Å².